The predicted octanol–water partition coefficient (Wildman–Crippen LogP) is 2.33. The number of hydrogen-bond acceptors (Lipinski definition) is 2. The van der Waals surface area contributed by atoms with Crippen molar-refractivity contribution in [2.45, 2.75) is 84.0 Å². The highest BCUT2D eigenvalue weighted by Crippen LogP contribution is 2.35. The van der Waals surface area contributed by atoms with Gasteiger partial charge in [0.1, 0.15) is 12.6 Å². The van der Waals surface area contributed by atoms with E-state index in [1.54, 1.807) is 0 Å². The monoisotopic (exact) mass is 298 g/mol. The van der Waals surface area contributed by atoms with E-state index in [9.17, 15) is 5.11 Å². The Labute approximate surface area is 130 Å². The van der Waals surface area contributed by atoms with Crippen LogP contribution in [0.1, 0.15) is 65.7 Å². The fourth-order valence-electron chi connectivity index (χ4n) is 4.15. The molecule has 4 atom stereocenters. The first kappa shape index (κ1) is 17.2. The zero-order valence-electron chi connectivity index (χ0n) is 14.3. The highest BCUT2D eigenvalue weighted by molar-refractivity contribution is 4.81. The van der Waals surface area contributed by atoms with Crippen LogP contribution in [0.4, 0.5) is 0 Å². The lowest BCUT2D eigenvalue weighted by atomic mass is 9.75. The van der Waals surface area contributed by atoms with Crippen molar-refractivity contribution in [3.8, 4) is 0 Å². The van der Waals surface area contributed by atoms with Gasteiger partial charge in [0.15, 0.2) is 0 Å². The topological polar surface area (TPSA) is 46.1 Å². The fraction of sp³-hybridized carbons (Fsp3) is 1.00. The van der Waals surface area contributed by atoms with E-state index >= 15 is 0 Å². The Bertz CT molecular complexity index is 289. The minimum absolute atomic E-state index is 0.310. The van der Waals surface area contributed by atoms with Crippen molar-refractivity contribution in [3.63, 3.8) is 0 Å². The molecule has 21 heavy (non-hydrogen) atoms. The SMILES string of the molecule is CC(C)[C@H]1CC[C@H](C)C[C@@H]1OC[C@H](O)C[NH2+]C1CCCC1. The predicted molar refractivity (Wildman–Crippen MR) is 86.1 cm³/mol. The molecule has 2 rings (SSSR count). The molecule has 2 fully saturated rings. The summed E-state index contributed by atoms with van der Waals surface area (Å²) in [6.07, 6.45) is 9.21. The number of ether oxygens (including phenoxy) is 1. The van der Waals surface area contributed by atoms with Gasteiger partial charge in [-0.1, -0.05) is 27.2 Å². The lowest BCUT2D eigenvalue weighted by molar-refractivity contribution is -0.693. The van der Waals surface area contributed by atoms with Gasteiger partial charge < -0.3 is 15.2 Å². The first-order valence-corrected chi connectivity index (χ1v) is 9.19. The maximum atomic E-state index is 10.2. The van der Waals surface area contributed by atoms with Crippen molar-refractivity contribution < 1.29 is 15.2 Å². The van der Waals surface area contributed by atoms with E-state index in [0.29, 0.717) is 24.5 Å². The molecule has 2 aliphatic carbocycles. The minimum atomic E-state index is -0.310. The molecule has 0 aliphatic heterocycles. The first-order chi connectivity index (χ1) is 10.1. The lowest BCUT2D eigenvalue weighted by Crippen LogP contribution is -2.91. The van der Waals surface area contributed by atoms with Crippen LogP contribution in [0.2, 0.25) is 0 Å². The standard InChI is InChI=1S/C18H35NO2/c1-13(2)17-9-8-14(3)10-18(17)21-12-16(20)11-19-15-6-4-5-7-15/h13-20H,4-12H2,1-3H3/p+1/t14-,16+,17+,18-/m0/s1. The number of aliphatic hydroxyl groups excluding tert-OH is 1. The Balaban J connectivity index is 1.69. The number of hydrogen-bond donors (Lipinski definition) is 2. The molecule has 0 heterocycles. The van der Waals surface area contributed by atoms with Gasteiger partial charge in [-0.25, -0.2) is 0 Å². The third-order valence-electron chi connectivity index (χ3n) is 5.61. The molecule has 0 aromatic heterocycles. The van der Waals surface area contributed by atoms with Gasteiger partial charge in [-0.3, -0.25) is 0 Å². The molecule has 0 aromatic carbocycles. The van der Waals surface area contributed by atoms with Crippen LogP contribution in [0.15, 0.2) is 0 Å². The molecule has 0 spiro atoms. The van der Waals surface area contributed by atoms with Crippen molar-refractivity contribution in [3.05, 3.63) is 0 Å². The summed E-state index contributed by atoms with van der Waals surface area (Å²) in [5.41, 5.74) is 0. The van der Waals surface area contributed by atoms with Crippen LogP contribution in [0, 0.1) is 17.8 Å². The summed E-state index contributed by atoms with van der Waals surface area (Å²) in [7, 11) is 0. The molecule has 2 saturated carbocycles. The first-order valence-electron chi connectivity index (χ1n) is 9.19. The highest BCUT2D eigenvalue weighted by atomic mass is 16.5. The van der Waals surface area contributed by atoms with Crippen LogP contribution >= 0.6 is 0 Å². The Morgan fingerprint density at radius 1 is 1.14 bits per heavy atom. The van der Waals surface area contributed by atoms with Gasteiger partial charge in [0, 0.05) is 0 Å². The largest absolute Gasteiger partial charge is 0.385 e. The molecule has 0 unspecified atom stereocenters. The molecule has 0 saturated heterocycles. The van der Waals surface area contributed by atoms with Gasteiger partial charge in [0.2, 0.25) is 0 Å². The van der Waals surface area contributed by atoms with Crippen LogP contribution in [-0.4, -0.2) is 36.5 Å². The van der Waals surface area contributed by atoms with Crippen molar-refractivity contribution in [1.82, 2.24) is 0 Å². The quantitative estimate of drug-likeness (QED) is 0.758. The average molecular weight is 298 g/mol. The summed E-state index contributed by atoms with van der Waals surface area (Å²) in [6.45, 7) is 8.27. The molecule has 2 aliphatic rings. The van der Waals surface area contributed by atoms with Crippen LogP contribution in [0.25, 0.3) is 0 Å². The van der Waals surface area contributed by atoms with Gasteiger partial charge in [-0.05, 0) is 56.3 Å². The molecule has 3 heteroatoms. The summed E-state index contributed by atoms with van der Waals surface area (Å²) >= 11 is 0. The molecular formula is C18H36NO2+. The van der Waals surface area contributed by atoms with Crippen LogP contribution < -0.4 is 5.32 Å². The van der Waals surface area contributed by atoms with Crippen LogP contribution in [0.3, 0.4) is 0 Å². The summed E-state index contributed by atoms with van der Waals surface area (Å²) in [6, 6.07) is 0.748. The van der Waals surface area contributed by atoms with Gasteiger partial charge in [-0.2, -0.15) is 0 Å². The number of rotatable bonds is 7. The third kappa shape index (κ3) is 5.54. The van der Waals surface area contributed by atoms with E-state index in [2.05, 4.69) is 26.1 Å². The molecule has 0 aromatic rings. The molecule has 3 N–H and O–H groups in total. The Kier molecular flexibility index (Phi) is 6.97. The molecular weight excluding hydrogens is 262 g/mol. The molecule has 0 radical (unpaired) electrons. The van der Waals surface area contributed by atoms with E-state index in [-0.39, 0.29) is 6.10 Å². The summed E-state index contributed by atoms with van der Waals surface area (Å²) in [5, 5.41) is 12.5. The number of quaternary nitrogens is 1. The summed E-state index contributed by atoms with van der Waals surface area (Å²) in [4.78, 5) is 0. The Morgan fingerprint density at radius 2 is 1.86 bits per heavy atom. The summed E-state index contributed by atoms with van der Waals surface area (Å²) < 4.78 is 6.13. The van der Waals surface area contributed by atoms with Crippen molar-refractivity contribution >= 4 is 0 Å². The third-order valence-corrected chi connectivity index (χ3v) is 5.61. The maximum Gasteiger partial charge on any atom is 0.126 e. The maximum absolute atomic E-state index is 10.2. The van der Waals surface area contributed by atoms with E-state index in [1.807, 2.05) is 0 Å². The fourth-order valence-corrected chi connectivity index (χ4v) is 4.15. The second kappa shape index (κ2) is 8.50. The van der Waals surface area contributed by atoms with Gasteiger partial charge in [0.05, 0.1) is 18.8 Å². The number of aliphatic hydroxyl groups is 1. The average Bonchev–Trinajstić information content (AvgIpc) is 2.96. The zero-order chi connectivity index (χ0) is 15.2. The molecule has 0 amide bonds. The Hall–Kier alpha value is -0.120. The van der Waals surface area contributed by atoms with E-state index in [4.69, 9.17) is 4.74 Å². The van der Waals surface area contributed by atoms with E-state index in [0.717, 1.165) is 18.5 Å². The minimum Gasteiger partial charge on any atom is -0.385 e. The second-order valence-electron chi connectivity index (χ2n) is 7.87. The van der Waals surface area contributed by atoms with Crippen LogP contribution in [0.5, 0.6) is 0 Å². The second-order valence-corrected chi connectivity index (χ2v) is 7.87. The molecule has 0 bridgehead atoms. The van der Waals surface area contributed by atoms with E-state index in [1.165, 1.54) is 44.9 Å². The smallest absolute Gasteiger partial charge is 0.126 e. The highest BCUT2D eigenvalue weighted by Gasteiger charge is 2.32. The zero-order valence-corrected chi connectivity index (χ0v) is 14.3. The molecule has 3 nitrogen and oxygen atoms in total. The van der Waals surface area contributed by atoms with Gasteiger partial charge in [-0.15, -0.1) is 0 Å². The van der Waals surface area contributed by atoms with Crippen molar-refractivity contribution in [1.29, 1.82) is 0 Å². The summed E-state index contributed by atoms with van der Waals surface area (Å²) in [5.74, 6) is 2.13. The lowest BCUT2D eigenvalue weighted by Gasteiger charge is -2.37. The van der Waals surface area contributed by atoms with Gasteiger partial charge >= 0.3 is 0 Å². The van der Waals surface area contributed by atoms with Crippen molar-refractivity contribution in [2.24, 2.45) is 17.8 Å². The normalized spacial score (nSPS) is 32.7. The number of nitrogens with two attached hydrogens (primary N) is 1. The van der Waals surface area contributed by atoms with Crippen LogP contribution in [-0.2, 0) is 4.74 Å². The Morgan fingerprint density at radius 3 is 2.52 bits per heavy atom. The van der Waals surface area contributed by atoms with Gasteiger partial charge in [0.25, 0.3) is 0 Å². The molecule has 124 valence electrons. The van der Waals surface area contributed by atoms with E-state index < -0.39 is 0 Å². The van der Waals surface area contributed by atoms with Crippen molar-refractivity contribution in [2.75, 3.05) is 13.2 Å².